The number of carbonyl (C=O) groups is 3. The van der Waals surface area contributed by atoms with Crippen LogP contribution in [0.5, 0.6) is 0 Å². The van der Waals surface area contributed by atoms with E-state index in [1.807, 2.05) is 42.5 Å². The minimum Gasteiger partial charge on any atom is -0.319 e. The fourth-order valence-electron chi connectivity index (χ4n) is 3.63. The lowest BCUT2D eigenvalue weighted by Crippen LogP contribution is -2.44. The topological polar surface area (TPSA) is 69.7 Å². The highest BCUT2D eigenvalue weighted by Crippen LogP contribution is 2.30. The summed E-state index contributed by atoms with van der Waals surface area (Å²) in [6.07, 6.45) is 0.782. The number of nitrogens with zero attached hydrogens (tertiary/aromatic N) is 2. The molecule has 132 valence electrons. The van der Waals surface area contributed by atoms with Gasteiger partial charge in [-0.25, -0.2) is 4.79 Å². The highest BCUT2D eigenvalue weighted by atomic mass is 16.2. The van der Waals surface area contributed by atoms with Crippen molar-refractivity contribution in [3.05, 3.63) is 65.7 Å². The van der Waals surface area contributed by atoms with Crippen molar-refractivity contribution in [1.82, 2.24) is 10.2 Å². The summed E-state index contributed by atoms with van der Waals surface area (Å²) in [6, 6.07) is 16.2. The van der Waals surface area contributed by atoms with Crippen molar-refractivity contribution >= 4 is 23.5 Å². The number of benzene rings is 2. The van der Waals surface area contributed by atoms with E-state index >= 15 is 0 Å². The Morgan fingerprint density at radius 1 is 1.08 bits per heavy atom. The molecular formula is C20H19N3O3. The molecule has 4 amide bonds. The molecule has 0 spiro atoms. The number of carbonyl (C=O) groups excluding carboxylic acids is 3. The highest BCUT2D eigenvalue weighted by Gasteiger charge is 2.49. The third-order valence-corrected chi connectivity index (χ3v) is 5.11. The highest BCUT2D eigenvalue weighted by molar-refractivity contribution is 6.10. The number of hydrogen-bond acceptors (Lipinski definition) is 3. The first-order valence-corrected chi connectivity index (χ1v) is 8.58. The first-order chi connectivity index (χ1) is 12.5. The summed E-state index contributed by atoms with van der Waals surface area (Å²) in [7, 11) is 0. The second-order valence-corrected chi connectivity index (χ2v) is 6.74. The Bertz CT molecular complexity index is 896. The van der Waals surface area contributed by atoms with Gasteiger partial charge in [0.1, 0.15) is 12.1 Å². The van der Waals surface area contributed by atoms with Gasteiger partial charge in [-0.1, -0.05) is 48.5 Å². The standard InChI is InChI=1S/C20H19N3O3/c1-20(15-8-3-2-4-9-15)18(25)23(19(26)21-20)13-17(24)22-12-11-14-7-5-6-10-16(14)22/h2-10H,11-13H2,1H3,(H,21,26)/t20-/m0/s1. The van der Waals surface area contributed by atoms with Crippen LogP contribution in [0.3, 0.4) is 0 Å². The number of para-hydroxylation sites is 1. The maximum Gasteiger partial charge on any atom is 0.325 e. The Morgan fingerprint density at radius 3 is 2.54 bits per heavy atom. The van der Waals surface area contributed by atoms with E-state index in [1.54, 1.807) is 24.0 Å². The molecule has 6 heteroatoms. The van der Waals surface area contributed by atoms with Crippen molar-refractivity contribution in [2.45, 2.75) is 18.9 Å². The van der Waals surface area contributed by atoms with Crippen LogP contribution in [-0.4, -0.2) is 35.8 Å². The third kappa shape index (κ3) is 2.45. The number of fused-ring (bicyclic) bond motifs is 1. The van der Waals surface area contributed by atoms with Crippen LogP contribution < -0.4 is 10.2 Å². The van der Waals surface area contributed by atoms with E-state index in [9.17, 15) is 14.4 Å². The molecule has 2 aromatic rings. The first kappa shape index (κ1) is 16.3. The molecule has 0 aliphatic carbocycles. The number of urea groups is 1. The molecule has 2 aliphatic heterocycles. The van der Waals surface area contributed by atoms with Gasteiger partial charge < -0.3 is 10.2 Å². The van der Waals surface area contributed by atoms with Gasteiger partial charge in [0.2, 0.25) is 5.91 Å². The van der Waals surface area contributed by atoms with Crippen LogP contribution in [0.1, 0.15) is 18.1 Å². The normalized spacial score (nSPS) is 21.7. The molecule has 26 heavy (non-hydrogen) atoms. The molecule has 0 saturated carbocycles. The fourth-order valence-corrected chi connectivity index (χ4v) is 3.63. The van der Waals surface area contributed by atoms with Crippen LogP contribution in [0.15, 0.2) is 54.6 Å². The van der Waals surface area contributed by atoms with Crippen LogP contribution in [0.2, 0.25) is 0 Å². The summed E-state index contributed by atoms with van der Waals surface area (Å²) in [5, 5.41) is 2.73. The molecule has 0 radical (unpaired) electrons. The van der Waals surface area contributed by atoms with Gasteiger partial charge in [-0.3, -0.25) is 14.5 Å². The maximum atomic E-state index is 12.9. The molecular weight excluding hydrogens is 330 g/mol. The molecule has 2 heterocycles. The van der Waals surface area contributed by atoms with E-state index < -0.39 is 17.5 Å². The summed E-state index contributed by atoms with van der Waals surface area (Å²) in [5.74, 6) is -0.662. The quantitative estimate of drug-likeness (QED) is 0.862. The number of amides is 4. The lowest BCUT2D eigenvalue weighted by Gasteiger charge is -2.23. The molecule has 2 aliphatic rings. The van der Waals surface area contributed by atoms with Gasteiger partial charge in [0.05, 0.1) is 0 Å². The smallest absolute Gasteiger partial charge is 0.319 e. The Labute approximate surface area is 151 Å². The molecule has 1 fully saturated rings. The van der Waals surface area contributed by atoms with Gasteiger partial charge in [-0.2, -0.15) is 0 Å². The van der Waals surface area contributed by atoms with E-state index in [1.165, 1.54) is 0 Å². The molecule has 1 N–H and O–H groups in total. The zero-order chi connectivity index (χ0) is 18.3. The van der Waals surface area contributed by atoms with E-state index in [-0.39, 0.29) is 12.5 Å². The predicted octanol–water partition coefficient (Wildman–Crippen LogP) is 2.04. The van der Waals surface area contributed by atoms with Gasteiger partial charge in [-0.05, 0) is 30.5 Å². The lowest BCUT2D eigenvalue weighted by atomic mass is 9.92. The van der Waals surface area contributed by atoms with Crippen molar-refractivity contribution in [3.8, 4) is 0 Å². The van der Waals surface area contributed by atoms with Crippen molar-refractivity contribution < 1.29 is 14.4 Å². The number of anilines is 1. The average molecular weight is 349 g/mol. The SMILES string of the molecule is C[C@@]1(c2ccccc2)NC(=O)N(CC(=O)N2CCc3ccccc32)C1=O. The Balaban J connectivity index is 1.55. The van der Waals surface area contributed by atoms with Crippen LogP contribution in [-0.2, 0) is 21.5 Å². The summed E-state index contributed by atoms with van der Waals surface area (Å²) in [4.78, 5) is 40.7. The minimum atomic E-state index is -1.15. The van der Waals surface area contributed by atoms with Crippen LogP contribution >= 0.6 is 0 Å². The summed E-state index contributed by atoms with van der Waals surface area (Å²) < 4.78 is 0. The van der Waals surface area contributed by atoms with Crippen LogP contribution in [0.25, 0.3) is 0 Å². The molecule has 1 saturated heterocycles. The third-order valence-electron chi connectivity index (χ3n) is 5.11. The van der Waals surface area contributed by atoms with E-state index in [2.05, 4.69) is 5.32 Å². The number of imide groups is 1. The monoisotopic (exact) mass is 349 g/mol. The number of rotatable bonds is 3. The maximum absolute atomic E-state index is 12.9. The van der Waals surface area contributed by atoms with Crippen molar-refractivity contribution in [1.29, 1.82) is 0 Å². The summed E-state index contributed by atoms with van der Waals surface area (Å²) in [5.41, 5.74) is 1.50. The molecule has 1 atom stereocenters. The fraction of sp³-hybridized carbons (Fsp3) is 0.250. The van der Waals surface area contributed by atoms with Gasteiger partial charge in [0.25, 0.3) is 5.91 Å². The van der Waals surface area contributed by atoms with Gasteiger partial charge in [0.15, 0.2) is 0 Å². The van der Waals surface area contributed by atoms with Crippen molar-refractivity contribution in [3.63, 3.8) is 0 Å². The van der Waals surface area contributed by atoms with Crippen molar-refractivity contribution in [2.24, 2.45) is 0 Å². The zero-order valence-corrected chi connectivity index (χ0v) is 14.4. The molecule has 0 bridgehead atoms. The average Bonchev–Trinajstić information content (AvgIpc) is 3.18. The molecule has 2 aromatic carbocycles. The zero-order valence-electron chi connectivity index (χ0n) is 14.4. The Hall–Kier alpha value is -3.15. The summed E-state index contributed by atoms with van der Waals surface area (Å²) in [6.45, 7) is 1.97. The van der Waals surface area contributed by atoms with Crippen LogP contribution in [0.4, 0.5) is 10.5 Å². The Kier molecular flexibility index (Phi) is 3.76. The predicted molar refractivity (Wildman–Crippen MR) is 96.5 cm³/mol. The summed E-state index contributed by atoms with van der Waals surface area (Å²) >= 11 is 0. The van der Waals surface area contributed by atoms with Crippen LogP contribution in [0, 0.1) is 0 Å². The van der Waals surface area contributed by atoms with E-state index in [0.29, 0.717) is 12.1 Å². The van der Waals surface area contributed by atoms with Gasteiger partial charge in [0, 0.05) is 12.2 Å². The number of nitrogens with one attached hydrogen (secondary N) is 1. The molecule has 0 aromatic heterocycles. The largest absolute Gasteiger partial charge is 0.325 e. The second-order valence-electron chi connectivity index (χ2n) is 6.74. The molecule has 6 nitrogen and oxygen atoms in total. The van der Waals surface area contributed by atoms with Gasteiger partial charge >= 0.3 is 6.03 Å². The molecule has 4 rings (SSSR count). The lowest BCUT2D eigenvalue weighted by molar-refractivity contribution is -0.134. The Morgan fingerprint density at radius 2 is 1.77 bits per heavy atom. The van der Waals surface area contributed by atoms with Crippen molar-refractivity contribution in [2.75, 3.05) is 18.0 Å². The van der Waals surface area contributed by atoms with E-state index in [4.69, 9.17) is 0 Å². The minimum absolute atomic E-state index is 0.254. The number of hydrogen-bond donors (Lipinski definition) is 1. The molecule has 0 unspecified atom stereocenters. The van der Waals surface area contributed by atoms with Gasteiger partial charge in [-0.15, -0.1) is 0 Å². The first-order valence-electron chi connectivity index (χ1n) is 8.58. The van der Waals surface area contributed by atoms with E-state index in [0.717, 1.165) is 22.6 Å². The second kappa shape index (κ2) is 5.98.